The second kappa shape index (κ2) is 6.03. The van der Waals surface area contributed by atoms with Crippen LogP contribution in [-0.4, -0.2) is 19.7 Å². The fraction of sp³-hybridized carbons (Fsp3) is 0.267. The molecule has 108 valence electrons. The monoisotopic (exact) mass is 318 g/mol. The van der Waals surface area contributed by atoms with Crippen LogP contribution >= 0.6 is 23.4 Å². The summed E-state index contributed by atoms with van der Waals surface area (Å²) in [5.41, 5.74) is 1.93. The molecule has 0 saturated heterocycles. The van der Waals surface area contributed by atoms with Crippen LogP contribution in [0.15, 0.2) is 41.8 Å². The predicted octanol–water partition coefficient (Wildman–Crippen LogP) is 4.35. The highest BCUT2D eigenvalue weighted by Gasteiger charge is 2.10. The molecule has 0 radical (unpaired) electrons. The largest absolute Gasteiger partial charge is 0.306 e. The topological polar surface area (TPSA) is 43.6 Å². The molecule has 4 nitrogen and oxygen atoms in total. The first-order chi connectivity index (χ1) is 10.1. The van der Waals surface area contributed by atoms with Crippen LogP contribution in [0.1, 0.15) is 25.5 Å². The van der Waals surface area contributed by atoms with E-state index in [1.807, 2.05) is 28.8 Å². The summed E-state index contributed by atoms with van der Waals surface area (Å²) in [6.45, 7) is 4.22. The summed E-state index contributed by atoms with van der Waals surface area (Å²) in [6, 6.07) is 10.4. The summed E-state index contributed by atoms with van der Waals surface area (Å²) in [6.07, 6.45) is 1.76. The van der Waals surface area contributed by atoms with E-state index in [2.05, 4.69) is 35.1 Å². The van der Waals surface area contributed by atoms with Gasteiger partial charge >= 0.3 is 0 Å². The molecule has 3 aromatic rings. The van der Waals surface area contributed by atoms with Crippen LogP contribution in [0.2, 0.25) is 5.15 Å². The summed E-state index contributed by atoms with van der Waals surface area (Å²) in [5.74, 6) is 0.724. The smallest absolute Gasteiger partial charge is 0.191 e. The van der Waals surface area contributed by atoms with E-state index in [1.54, 1.807) is 18.1 Å². The number of benzene rings is 1. The fourth-order valence-corrected chi connectivity index (χ4v) is 3.38. The van der Waals surface area contributed by atoms with Crippen molar-refractivity contribution in [3.05, 3.63) is 47.4 Å². The number of para-hydroxylation sites is 1. The van der Waals surface area contributed by atoms with Crippen molar-refractivity contribution in [3.8, 4) is 0 Å². The summed E-state index contributed by atoms with van der Waals surface area (Å²) in [5, 5.41) is 10.7. The lowest BCUT2D eigenvalue weighted by atomic mass is 10.2. The zero-order valence-electron chi connectivity index (χ0n) is 11.8. The molecule has 2 heterocycles. The molecule has 21 heavy (non-hydrogen) atoms. The standard InChI is InChI=1S/C15H15ClN4S/c1-10(2)20-9-17-19-15(20)21-8-12-7-11-5-3-4-6-13(11)18-14(12)16/h3-7,9-10H,8H2,1-2H3. The van der Waals surface area contributed by atoms with Crippen molar-refractivity contribution < 1.29 is 0 Å². The van der Waals surface area contributed by atoms with Gasteiger partial charge in [-0.2, -0.15) is 0 Å². The van der Waals surface area contributed by atoms with E-state index in [9.17, 15) is 0 Å². The summed E-state index contributed by atoms with van der Waals surface area (Å²) in [4.78, 5) is 4.44. The number of fused-ring (bicyclic) bond motifs is 1. The fourth-order valence-electron chi connectivity index (χ4n) is 2.07. The maximum absolute atomic E-state index is 6.28. The molecule has 0 atom stereocenters. The third-order valence-corrected chi connectivity index (χ3v) is 4.54. The molecular weight excluding hydrogens is 304 g/mol. The SMILES string of the molecule is CC(C)n1cnnc1SCc1cc2ccccc2nc1Cl. The van der Waals surface area contributed by atoms with Gasteiger partial charge in [0.2, 0.25) is 0 Å². The molecule has 0 unspecified atom stereocenters. The first-order valence-corrected chi connectivity index (χ1v) is 8.08. The molecule has 0 aliphatic carbocycles. The number of aromatic nitrogens is 4. The number of nitrogens with zero attached hydrogens (tertiary/aromatic N) is 4. The Balaban J connectivity index is 1.85. The van der Waals surface area contributed by atoms with Crippen LogP contribution in [0.5, 0.6) is 0 Å². The van der Waals surface area contributed by atoms with Gasteiger partial charge in [0.25, 0.3) is 0 Å². The maximum Gasteiger partial charge on any atom is 0.191 e. The number of pyridine rings is 1. The van der Waals surface area contributed by atoms with E-state index < -0.39 is 0 Å². The van der Waals surface area contributed by atoms with E-state index in [-0.39, 0.29) is 0 Å². The van der Waals surface area contributed by atoms with E-state index in [0.717, 1.165) is 27.4 Å². The number of hydrogen-bond acceptors (Lipinski definition) is 4. The minimum Gasteiger partial charge on any atom is -0.306 e. The normalized spacial score (nSPS) is 11.4. The van der Waals surface area contributed by atoms with Gasteiger partial charge in [0.1, 0.15) is 11.5 Å². The van der Waals surface area contributed by atoms with Gasteiger partial charge in [0.05, 0.1) is 5.52 Å². The lowest BCUT2D eigenvalue weighted by molar-refractivity contribution is 0.549. The van der Waals surface area contributed by atoms with Gasteiger partial charge in [-0.3, -0.25) is 0 Å². The van der Waals surface area contributed by atoms with Gasteiger partial charge in [-0.25, -0.2) is 4.98 Å². The lowest BCUT2D eigenvalue weighted by Gasteiger charge is -2.10. The van der Waals surface area contributed by atoms with Gasteiger partial charge in [-0.05, 0) is 26.0 Å². The van der Waals surface area contributed by atoms with Gasteiger partial charge in [0.15, 0.2) is 5.16 Å². The third-order valence-electron chi connectivity index (χ3n) is 3.20. The molecule has 0 bridgehead atoms. The van der Waals surface area contributed by atoms with Crippen molar-refractivity contribution in [1.29, 1.82) is 0 Å². The summed E-state index contributed by atoms with van der Waals surface area (Å²) >= 11 is 7.90. The van der Waals surface area contributed by atoms with Crippen molar-refractivity contribution >= 4 is 34.3 Å². The zero-order valence-corrected chi connectivity index (χ0v) is 13.4. The number of thioether (sulfide) groups is 1. The number of halogens is 1. The Morgan fingerprint density at radius 3 is 2.90 bits per heavy atom. The highest BCUT2D eigenvalue weighted by molar-refractivity contribution is 7.98. The molecule has 0 aliphatic rings. The van der Waals surface area contributed by atoms with Crippen molar-refractivity contribution in [2.75, 3.05) is 0 Å². The zero-order chi connectivity index (χ0) is 14.8. The van der Waals surface area contributed by atoms with Crippen LogP contribution < -0.4 is 0 Å². The van der Waals surface area contributed by atoms with Gasteiger partial charge in [-0.15, -0.1) is 10.2 Å². The Labute approximate surface area is 132 Å². The van der Waals surface area contributed by atoms with Crippen LogP contribution in [0.3, 0.4) is 0 Å². The maximum atomic E-state index is 6.28. The van der Waals surface area contributed by atoms with E-state index >= 15 is 0 Å². The van der Waals surface area contributed by atoms with Gasteiger partial charge < -0.3 is 4.57 Å². The molecule has 1 aromatic carbocycles. The average molecular weight is 319 g/mol. The summed E-state index contributed by atoms with van der Waals surface area (Å²) in [7, 11) is 0. The van der Waals surface area contributed by atoms with Crippen LogP contribution in [0.4, 0.5) is 0 Å². The highest BCUT2D eigenvalue weighted by Crippen LogP contribution is 2.28. The molecular formula is C15H15ClN4S. The molecule has 0 spiro atoms. The predicted molar refractivity (Wildman–Crippen MR) is 86.7 cm³/mol. The minimum atomic E-state index is 0.340. The molecule has 0 amide bonds. The lowest BCUT2D eigenvalue weighted by Crippen LogP contribution is -2.01. The molecule has 2 aromatic heterocycles. The van der Waals surface area contributed by atoms with E-state index in [0.29, 0.717) is 11.2 Å². The first kappa shape index (κ1) is 14.4. The molecule has 3 rings (SSSR count). The van der Waals surface area contributed by atoms with Gasteiger partial charge in [0, 0.05) is 22.7 Å². The Hall–Kier alpha value is -1.59. The Morgan fingerprint density at radius 1 is 1.29 bits per heavy atom. The second-order valence-electron chi connectivity index (χ2n) is 5.03. The number of hydrogen-bond donors (Lipinski definition) is 0. The molecule has 6 heteroatoms. The molecule has 0 aliphatic heterocycles. The van der Waals surface area contributed by atoms with Crippen molar-refractivity contribution in [2.45, 2.75) is 30.8 Å². The summed E-state index contributed by atoms with van der Waals surface area (Å²) < 4.78 is 2.05. The quantitative estimate of drug-likeness (QED) is 0.530. The third kappa shape index (κ3) is 3.04. The van der Waals surface area contributed by atoms with Crippen LogP contribution in [0.25, 0.3) is 10.9 Å². The molecule has 0 N–H and O–H groups in total. The second-order valence-corrected chi connectivity index (χ2v) is 6.33. The van der Waals surface area contributed by atoms with Crippen molar-refractivity contribution in [2.24, 2.45) is 0 Å². The average Bonchev–Trinajstić information content (AvgIpc) is 2.93. The Kier molecular flexibility index (Phi) is 4.12. The van der Waals surface area contributed by atoms with Crippen molar-refractivity contribution in [3.63, 3.8) is 0 Å². The van der Waals surface area contributed by atoms with Gasteiger partial charge in [-0.1, -0.05) is 41.6 Å². The molecule has 0 fully saturated rings. The van der Waals surface area contributed by atoms with E-state index in [4.69, 9.17) is 11.6 Å². The van der Waals surface area contributed by atoms with Crippen molar-refractivity contribution in [1.82, 2.24) is 19.7 Å². The Morgan fingerprint density at radius 2 is 2.10 bits per heavy atom. The van der Waals surface area contributed by atoms with Crippen LogP contribution in [0, 0.1) is 0 Å². The van der Waals surface area contributed by atoms with E-state index in [1.165, 1.54) is 0 Å². The highest BCUT2D eigenvalue weighted by atomic mass is 35.5. The van der Waals surface area contributed by atoms with Crippen LogP contribution in [-0.2, 0) is 5.75 Å². The Bertz CT molecular complexity index is 769. The minimum absolute atomic E-state index is 0.340. The first-order valence-electron chi connectivity index (χ1n) is 6.71. The molecule has 0 saturated carbocycles. The number of rotatable bonds is 4.